The van der Waals surface area contributed by atoms with Gasteiger partial charge < -0.3 is 23.9 Å². The SMILES string of the molecule is CCCCCCCCCCCCS(=O)(=O)Oc1ccccc1.O=C(CC(C(=O)OCCO)S(=O)(=O)O)OCCO.[NaH].[NaH].[NaH]. The monoisotopic (exact) mass is 684 g/mol. The van der Waals surface area contributed by atoms with Gasteiger partial charge in [-0.2, -0.15) is 16.8 Å². The average molecular weight is 685 g/mol. The number of benzene rings is 1. The molecule has 0 aliphatic heterocycles. The zero-order chi connectivity index (χ0) is 30.3. The van der Waals surface area contributed by atoms with Gasteiger partial charge in [-0.3, -0.25) is 14.1 Å². The van der Waals surface area contributed by atoms with Crippen LogP contribution >= 0.6 is 0 Å². The van der Waals surface area contributed by atoms with Gasteiger partial charge in [-0.25, -0.2) is 0 Å². The van der Waals surface area contributed by atoms with E-state index in [1.54, 1.807) is 24.3 Å². The van der Waals surface area contributed by atoms with Crippen LogP contribution in [0.2, 0.25) is 0 Å². The van der Waals surface area contributed by atoms with Crippen molar-refractivity contribution in [2.24, 2.45) is 0 Å². The first-order chi connectivity index (χ1) is 19.0. The molecular weight excluding hydrogens is 637 g/mol. The fourth-order valence-corrected chi connectivity index (χ4v) is 5.05. The summed E-state index contributed by atoms with van der Waals surface area (Å²) >= 11 is 0. The van der Waals surface area contributed by atoms with Crippen molar-refractivity contribution < 1.29 is 54.8 Å². The van der Waals surface area contributed by atoms with Gasteiger partial charge in [0.15, 0.2) is 5.25 Å². The molecule has 0 bridgehead atoms. The van der Waals surface area contributed by atoms with Crippen molar-refractivity contribution in [3.63, 3.8) is 0 Å². The molecule has 238 valence electrons. The molecule has 0 amide bonds. The van der Waals surface area contributed by atoms with E-state index < -0.39 is 63.7 Å². The summed E-state index contributed by atoms with van der Waals surface area (Å²) in [5.41, 5.74) is 0. The third kappa shape index (κ3) is 29.9. The average Bonchev–Trinajstić information content (AvgIpc) is 2.90. The molecule has 0 aromatic heterocycles. The maximum absolute atomic E-state index is 11.8. The number of ether oxygens (including phenoxy) is 2. The van der Waals surface area contributed by atoms with Crippen molar-refractivity contribution >= 4 is 121 Å². The molecule has 0 spiro atoms. The summed E-state index contributed by atoms with van der Waals surface area (Å²) in [5, 5.41) is 14.6. The molecule has 12 nitrogen and oxygen atoms in total. The minimum atomic E-state index is -4.83. The summed E-state index contributed by atoms with van der Waals surface area (Å²) < 4.78 is 67.9. The summed E-state index contributed by atoms with van der Waals surface area (Å²) in [6.07, 6.45) is 11.0. The van der Waals surface area contributed by atoms with E-state index >= 15 is 0 Å². The molecule has 1 aromatic carbocycles. The van der Waals surface area contributed by atoms with Crippen LogP contribution in [0.1, 0.15) is 77.6 Å². The first kappa shape index (κ1) is 50.6. The molecule has 0 heterocycles. The summed E-state index contributed by atoms with van der Waals surface area (Å²) in [5.74, 6) is -1.95. The first-order valence-corrected chi connectivity index (χ1v) is 16.5. The molecule has 1 atom stereocenters. The van der Waals surface area contributed by atoms with E-state index in [4.69, 9.17) is 18.9 Å². The summed E-state index contributed by atoms with van der Waals surface area (Å²) in [6, 6.07) is 8.70. The van der Waals surface area contributed by atoms with E-state index in [-0.39, 0.29) is 101 Å². The van der Waals surface area contributed by atoms with E-state index in [0.717, 1.165) is 12.8 Å². The van der Waals surface area contributed by atoms with E-state index in [0.29, 0.717) is 12.2 Å². The molecule has 1 rings (SSSR count). The van der Waals surface area contributed by atoms with Gasteiger partial charge in [0.1, 0.15) is 19.0 Å². The number of aliphatic hydroxyl groups is 2. The number of esters is 2. The van der Waals surface area contributed by atoms with Crippen LogP contribution in [0.15, 0.2) is 30.3 Å². The van der Waals surface area contributed by atoms with Gasteiger partial charge >= 0.3 is 111 Å². The van der Waals surface area contributed by atoms with Crippen LogP contribution in [0.4, 0.5) is 0 Å². The standard InChI is InChI=1S/C18H30O3S.C8H14O9S.3Na.3H/c1-2-3-4-5-6-7-8-9-10-14-17-22(19,20)21-18-15-12-11-13-16-18;9-1-3-16-7(11)5-6(18(13,14)15)8(12)17-4-2-10;;;;;;/h11-13,15-16H,2-10,14,17H2,1H3;6,9-10H,1-5H2,(H,13,14,15);;;;;;. The fourth-order valence-electron chi connectivity index (χ4n) is 3.35. The van der Waals surface area contributed by atoms with Crippen molar-refractivity contribution in [1.29, 1.82) is 0 Å². The first-order valence-electron chi connectivity index (χ1n) is 13.4. The number of hydrogen-bond donors (Lipinski definition) is 3. The van der Waals surface area contributed by atoms with Crippen LogP contribution in [0, 0.1) is 0 Å². The minimum absolute atomic E-state index is 0. The number of aliphatic hydroxyl groups excluding tert-OH is 2. The molecule has 0 fully saturated rings. The quantitative estimate of drug-likeness (QED) is 0.0550. The van der Waals surface area contributed by atoms with Gasteiger partial charge in [0.05, 0.1) is 25.4 Å². The molecule has 0 saturated heterocycles. The Morgan fingerprint density at radius 2 is 1.21 bits per heavy atom. The number of carbonyl (C=O) groups excluding carboxylic acids is 2. The van der Waals surface area contributed by atoms with E-state index in [9.17, 15) is 26.4 Å². The van der Waals surface area contributed by atoms with Crippen LogP contribution in [-0.2, 0) is 39.3 Å². The summed E-state index contributed by atoms with van der Waals surface area (Å²) in [7, 11) is -8.28. The van der Waals surface area contributed by atoms with Gasteiger partial charge in [0, 0.05) is 0 Å². The molecular formula is C26H47Na3O12S2. The molecule has 0 aliphatic rings. The molecule has 0 saturated carbocycles. The Labute approximate surface area is 323 Å². The van der Waals surface area contributed by atoms with Crippen LogP contribution in [0.5, 0.6) is 5.75 Å². The predicted octanol–water partition coefficient (Wildman–Crippen LogP) is 1.07. The third-order valence-electron chi connectivity index (χ3n) is 5.38. The van der Waals surface area contributed by atoms with Crippen LogP contribution in [0.3, 0.4) is 0 Å². The van der Waals surface area contributed by atoms with Crippen LogP contribution in [-0.4, -0.2) is 170 Å². The Kier molecular flexibility index (Phi) is 36.9. The molecule has 1 aromatic rings. The Hall–Kier alpha value is 0.740. The second-order valence-electron chi connectivity index (χ2n) is 8.88. The van der Waals surface area contributed by atoms with Gasteiger partial charge in [-0.15, -0.1) is 0 Å². The van der Waals surface area contributed by atoms with E-state index in [2.05, 4.69) is 16.4 Å². The molecule has 3 N–H and O–H groups in total. The Balaban J connectivity index is -0.000000337. The number of para-hydroxylation sites is 1. The molecule has 0 radical (unpaired) electrons. The Bertz CT molecular complexity index is 1030. The van der Waals surface area contributed by atoms with Gasteiger partial charge in [-0.05, 0) is 18.6 Å². The Morgan fingerprint density at radius 3 is 1.67 bits per heavy atom. The van der Waals surface area contributed by atoms with Gasteiger partial charge in [0.2, 0.25) is 0 Å². The number of carbonyl (C=O) groups is 2. The van der Waals surface area contributed by atoms with Crippen molar-refractivity contribution in [2.75, 3.05) is 32.2 Å². The predicted molar refractivity (Wildman–Crippen MR) is 170 cm³/mol. The zero-order valence-electron chi connectivity index (χ0n) is 23.1. The van der Waals surface area contributed by atoms with Gasteiger partial charge in [-0.1, -0.05) is 82.9 Å². The normalized spacial score (nSPS) is 11.3. The van der Waals surface area contributed by atoms with Gasteiger partial charge in [0.25, 0.3) is 10.1 Å². The fraction of sp³-hybridized carbons (Fsp3) is 0.692. The number of rotatable bonds is 21. The number of hydrogen-bond acceptors (Lipinski definition) is 11. The van der Waals surface area contributed by atoms with Crippen molar-refractivity contribution in [3.8, 4) is 5.75 Å². The third-order valence-corrected chi connectivity index (χ3v) is 7.69. The molecule has 0 aliphatic carbocycles. The van der Waals surface area contributed by atoms with Crippen molar-refractivity contribution in [2.45, 2.75) is 82.8 Å². The second kappa shape index (κ2) is 31.3. The molecule has 43 heavy (non-hydrogen) atoms. The summed E-state index contributed by atoms with van der Waals surface area (Å²) in [6.45, 7) is 0.422. The second-order valence-corrected chi connectivity index (χ2v) is 12.2. The molecule has 17 heteroatoms. The molecule has 1 unspecified atom stereocenters. The van der Waals surface area contributed by atoms with E-state index in [1.807, 2.05) is 6.07 Å². The maximum atomic E-state index is 11.8. The number of unbranched alkanes of at least 4 members (excludes halogenated alkanes) is 9. The zero-order valence-corrected chi connectivity index (χ0v) is 24.7. The summed E-state index contributed by atoms with van der Waals surface area (Å²) in [4.78, 5) is 22.3. The van der Waals surface area contributed by atoms with Crippen molar-refractivity contribution in [3.05, 3.63) is 30.3 Å². The Morgan fingerprint density at radius 1 is 0.744 bits per heavy atom. The van der Waals surface area contributed by atoms with Crippen LogP contribution < -0.4 is 4.18 Å². The van der Waals surface area contributed by atoms with Crippen molar-refractivity contribution in [1.82, 2.24) is 0 Å². The van der Waals surface area contributed by atoms with E-state index in [1.165, 1.54) is 44.9 Å². The van der Waals surface area contributed by atoms with Crippen LogP contribution in [0.25, 0.3) is 0 Å². The topological polar surface area (TPSA) is 191 Å².